The SMILES string of the molecule is COc1ccc(-c2ccc(C(F)(F)F)cc2)c(N2CCC(COc3cc(C(CC(=O)O)C4CC4)ccn3)CC2)c1. The lowest BCUT2D eigenvalue weighted by Gasteiger charge is -2.35. The summed E-state index contributed by atoms with van der Waals surface area (Å²) in [6.45, 7) is 2.05. The highest BCUT2D eigenvalue weighted by Gasteiger charge is 2.34. The Kier molecular flexibility index (Phi) is 8.19. The van der Waals surface area contributed by atoms with E-state index in [0.717, 1.165) is 73.3 Å². The molecule has 212 valence electrons. The van der Waals surface area contributed by atoms with Crippen LogP contribution in [0.4, 0.5) is 18.9 Å². The van der Waals surface area contributed by atoms with E-state index in [1.54, 1.807) is 13.3 Å². The van der Waals surface area contributed by atoms with E-state index in [2.05, 4.69) is 9.88 Å². The molecule has 1 saturated heterocycles. The molecule has 1 N–H and O–H groups in total. The Bertz CT molecular complexity index is 1320. The summed E-state index contributed by atoms with van der Waals surface area (Å²) in [6.07, 6.45) is 1.31. The molecule has 2 aromatic carbocycles. The fourth-order valence-electron chi connectivity index (χ4n) is 5.50. The van der Waals surface area contributed by atoms with Gasteiger partial charge in [0.2, 0.25) is 5.88 Å². The standard InChI is InChI=1S/C31H33F3N2O4/c1-39-25-8-9-26(21-4-6-24(7-5-21)31(32,33)34)28(17-25)36-14-11-20(12-15-36)19-40-29-16-23(10-13-35-29)27(18-30(37)38)22-2-3-22/h4-10,13,16-17,20,22,27H,2-3,11-12,14-15,18-19H2,1H3,(H,37,38). The molecule has 6 nitrogen and oxygen atoms in total. The molecule has 9 heteroatoms. The highest BCUT2D eigenvalue weighted by molar-refractivity contribution is 5.80. The maximum Gasteiger partial charge on any atom is 0.416 e. The molecule has 1 atom stereocenters. The normalized spacial score (nSPS) is 16.9. The molecule has 1 aliphatic carbocycles. The van der Waals surface area contributed by atoms with Crippen molar-refractivity contribution in [1.82, 2.24) is 4.98 Å². The average Bonchev–Trinajstić information content (AvgIpc) is 3.80. The monoisotopic (exact) mass is 554 g/mol. The minimum Gasteiger partial charge on any atom is -0.497 e. The number of methoxy groups -OCH3 is 1. The van der Waals surface area contributed by atoms with Crippen molar-refractivity contribution in [2.24, 2.45) is 11.8 Å². The second-order valence-electron chi connectivity index (χ2n) is 10.7. The summed E-state index contributed by atoms with van der Waals surface area (Å²) in [6, 6.07) is 14.7. The van der Waals surface area contributed by atoms with Crippen molar-refractivity contribution in [3.8, 4) is 22.8 Å². The molecule has 0 amide bonds. The van der Waals surface area contributed by atoms with Crippen molar-refractivity contribution in [3.05, 3.63) is 71.9 Å². The number of piperidine rings is 1. The van der Waals surface area contributed by atoms with E-state index in [1.807, 2.05) is 30.3 Å². The number of hydrogen-bond donors (Lipinski definition) is 1. The van der Waals surface area contributed by atoms with Crippen LogP contribution in [0.5, 0.6) is 11.6 Å². The van der Waals surface area contributed by atoms with E-state index < -0.39 is 17.7 Å². The van der Waals surface area contributed by atoms with Gasteiger partial charge in [-0.05, 0) is 84.9 Å². The van der Waals surface area contributed by atoms with Crippen molar-refractivity contribution in [2.45, 2.75) is 44.2 Å². The number of benzene rings is 2. The van der Waals surface area contributed by atoms with Crippen LogP contribution in [0.25, 0.3) is 11.1 Å². The fourth-order valence-corrected chi connectivity index (χ4v) is 5.50. The fraction of sp³-hybridized carbons (Fsp3) is 0.419. The van der Waals surface area contributed by atoms with Crippen molar-refractivity contribution in [3.63, 3.8) is 0 Å². The Morgan fingerprint density at radius 1 is 1.05 bits per heavy atom. The summed E-state index contributed by atoms with van der Waals surface area (Å²) in [4.78, 5) is 17.9. The van der Waals surface area contributed by atoms with Crippen LogP contribution in [0.1, 0.15) is 49.1 Å². The number of hydrogen-bond acceptors (Lipinski definition) is 5. The minimum atomic E-state index is -4.38. The van der Waals surface area contributed by atoms with Crippen LogP contribution in [-0.4, -0.2) is 42.9 Å². The smallest absolute Gasteiger partial charge is 0.416 e. The van der Waals surface area contributed by atoms with E-state index in [9.17, 15) is 23.1 Å². The number of rotatable bonds is 10. The minimum absolute atomic E-state index is 0.00665. The second kappa shape index (κ2) is 11.8. The van der Waals surface area contributed by atoms with Gasteiger partial charge in [0.25, 0.3) is 0 Å². The van der Waals surface area contributed by atoms with Crippen LogP contribution in [0, 0.1) is 11.8 Å². The third kappa shape index (κ3) is 6.69. The topological polar surface area (TPSA) is 71.9 Å². The molecule has 0 bridgehead atoms. The maximum atomic E-state index is 13.1. The average molecular weight is 555 g/mol. The van der Waals surface area contributed by atoms with Crippen LogP contribution in [-0.2, 0) is 11.0 Å². The van der Waals surface area contributed by atoms with Gasteiger partial charge >= 0.3 is 12.1 Å². The summed E-state index contributed by atoms with van der Waals surface area (Å²) in [5, 5.41) is 9.32. The highest BCUT2D eigenvalue weighted by Crippen LogP contribution is 2.45. The number of halogens is 3. The quantitative estimate of drug-likeness (QED) is 0.290. The molecule has 1 aromatic heterocycles. The summed E-state index contributed by atoms with van der Waals surface area (Å²) >= 11 is 0. The number of aromatic nitrogens is 1. The Labute approximate surface area is 231 Å². The summed E-state index contributed by atoms with van der Waals surface area (Å²) < 4.78 is 50.7. The van der Waals surface area contributed by atoms with Crippen molar-refractivity contribution in [2.75, 3.05) is 31.7 Å². The van der Waals surface area contributed by atoms with Gasteiger partial charge in [-0.2, -0.15) is 13.2 Å². The van der Waals surface area contributed by atoms with Crippen molar-refractivity contribution in [1.29, 1.82) is 0 Å². The van der Waals surface area contributed by atoms with Crippen LogP contribution in [0.3, 0.4) is 0 Å². The van der Waals surface area contributed by atoms with E-state index in [1.165, 1.54) is 12.1 Å². The largest absolute Gasteiger partial charge is 0.497 e. The molecule has 5 rings (SSSR count). The summed E-state index contributed by atoms with van der Waals surface area (Å²) in [7, 11) is 1.60. The lowest BCUT2D eigenvalue weighted by molar-refractivity contribution is -0.138. The van der Waals surface area contributed by atoms with Crippen LogP contribution < -0.4 is 14.4 Å². The zero-order valence-corrected chi connectivity index (χ0v) is 22.4. The Hall–Kier alpha value is -3.75. The molecule has 2 fully saturated rings. The zero-order chi connectivity index (χ0) is 28.3. The molecular formula is C31H33F3N2O4. The first kappa shape index (κ1) is 27.8. The molecule has 2 aliphatic rings. The third-order valence-electron chi connectivity index (χ3n) is 7.92. The molecule has 1 saturated carbocycles. The van der Waals surface area contributed by atoms with Gasteiger partial charge in [-0.3, -0.25) is 4.79 Å². The number of alkyl halides is 3. The number of anilines is 1. The Balaban J connectivity index is 1.23. The van der Waals surface area contributed by atoms with Gasteiger partial charge in [0.05, 0.1) is 25.7 Å². The predicted molar refractivity (Wildman–Crippen MR) is 146 cm³/mol. The van der Waals surface area contributed by atoms with Crippen molar-refractivity contribution >= 4 is 11.7 Å². The van der Waals surface area contributed by atoms with Crippen molar-refractivity contribution < 1.29 is 32.5 Å². The third-order valence-corrected chi connectivity index (χ3v) is 7.92. The number of carboxylic acids is 1. The zero-order valence-electron chi connectivity index (χ0n) is 22.4. The first-order valence-electron chi connectivity index (χ1n) is 13.6. The number of pyridine rings is 1. The number of aliphatic carboxylic acids is 1. The predicted octanol–water partition coefficient (Wildman–Crippen LogP) is 7.04. The lowest BCUT2D eigenvalue weighted by atomic mass is 9.92. The van der Waals surface area contributed by atoms with E-state index >= 15 is 0 Å². The van der Waals surface area contributed by atoms with Gasteiger partial charge in [0, 0.05) is 42.7 Å². The number of carboxylic acid groups (broad SMARTS) is 1. The Morgan fingerprint density at radius 3 is 2.40 bits per heavy atom. The van der Waals surface area contributed by atoms with E-state index in [-0.39, 0.29) is 12.3 Å². The van der Waals surface area contributed by atoms with Gasteiger partial charge in [-0.25, -0.2) is 4.98 Å². The molecule has 0 spiro atoms. The van der Waals surface area contributed by atoms with Gasteiger partial charge < -0.3 is 19.5 Å². The van der Waals surface area contributed by atoms with Gasteiger partial charge in [-0.1, -0.05) is 12.1 Å². The molecule has 0 radical (unpaired) electrons. The molecule has 1 aliphatic heterocycles. The van der Waals surface area contributed by atoms with Crippen LogP contribution in [0.2, 0.25) is 0 Å². The molecular weight excluding hydrogens is 521 g/mol. The molecule has 1 unspecified atom stereocenters. The first-order chi connectivity index (χ1) is 19.2. The first-order valence-corrected chi connectivity index (χ1v) is 13.6. The highest BCUT2D eigenvalue weighted by atomic mass is 19.4. The van der Waals surface area contributed by atoms with E-state index in [4.69, 9.17) is 9.47 Å². The number of ether oxygens (including phenoxy) is 2. The second-order valence-corrected chi connectivity index (χ2v) is 10.7. The molecule has 40 heavy (non-hydrogen) atoms. The van der Waals surface area contributed by atoms with E-state index in [0.29, 0.717) is 30.1 Å². The Morgan fingerprint density at radius 2 is 1.77 bits per heavy atom. The van der Waals surface area contributed by atoms with Gasteiger partial charge in [0.15, 0.2) is 0 Å². The summed E-state index contributed by atoms with van der Waals surface area (Å²) in [5.74, 6) is 1.15. The lowest BCUT2D eigenvalue weighted by Crippen LogP contribution is -2.35. The number of nitrogens with zero attached hydrogens (tertiary/aromatic N) is 2. The summed E-state index contributed by atoms with van der Waals surface area (Å²) in [5.41, 5.74) is 2.80. The molecule has 3 aromatic rings. The van der Waals surface area contributed by atoms with Gasteiger partial charge in [-0.15, -0.1) is 0 Å². The molecule has 2 heterocycles. The maximum absolute atomic E-state index is 13.1. The van der Waals surface area contributed by atoms with Crippen LogP contribution in [0.15, 0.2) is 60.8 Å². The number of carbonyl (C=O) groups is 1. The van der Waals surface area contributed by atoms with Gasteiger partial charge in [0.1, 0.15) is 5.75 Å². The van der Waals surface area contributed by atoms with Crippen LogP contribution >= 0.6 is 0 Å².